The molecule has 0 aliphatic heterocycles. The first-order valence-electron chi connectivity index (χ1n) is 5.37. The van der Waals surface area contributed by atoms with E-state index in [0.29, 0.717) is 21.8 Å². The van der Waals surface area contributed by atoms with E-state index in [2.05, 4.69) is 21.2 Å². The van der Waals surface area contributed by atoms with Crippen LogP contribution in [0.25, 0.3) is 0 Å². The minimum atomic E-state index is -0.292. The van der Waals surface area contributed by atoms with Crippen molar-refractivity contribution in [2.75, 3.05) is 5.32 Å². The van der Waals surface area contributed by atoms with Crippen molar-refractivity contribution < 1.29 is 4.79 Å². The van der Waals surface area contributed by atoms with Crippen molar-refractivity contribution in [1.29, 1.82) is 5.26 Å². The lowest BCUT2D eigenvalue weighted by Gasteiger charge is -2.07. The van der Waals surface area contributed by atoms with Gasteiger partial charge in [0.2, 0.25) is 0 Å². The Bertz CT molecular complexity index is 679. The normalized spacial score (nSPS) is 9.74. The van der Waals surface area contributed by atoms with Crippen molar-refractivity contribution in [2.24, 2.45) is 0 Å². The predicted molar refractivity (Wildman–Crippen MR) is 78.3 cm³/mol. The molecule has 1 N–H and O–H groups in total. The molecule has 0 bridgehead atoms. The first-order chi connectivity index (χ1) is 9.10. The fourth-order valence-electron chi connectivity index (χ4n) is 1.54. The van der Waals surface area contributed by atoms with Gasteiger partial charge in [-0.1, -0.05) is 33.6 Å². The van der Waals surface area contributed by atoms with E-state index in [1.54, 1.807) is 36.4 Å². The van der Waals surface area contributed by atoms with Crippen molar-refractivity contribution in [3.63, 3.8) is 0 Å². The topological polar surface area (TPSA) is 52.9 Å². The van der Waals surface area contributed by atoms with Crippen molar-refractivity contribution in [3.8, 4) is 6.07 Å². The molecule has 0 unspecified atom stereocenters. The molecule has 0 radical (unpaired) electrons. The van der Waals surface area contributed by atoms with Crippen LogP contribution < -0.4 is 5.32 Å². The maximum Gasteiger partial charge on any atom is 0.255 e. The number of benzene rings is 2. The monoisotopic (exact) mass is 334 g/mol. The zero-order valence-corrected chi connectivity index (χ0v) is 12.0. The van der Waals surface area contributed by atoms with E-state index in [0.717, 1.165) is 4.47 Å². The van der Waals surface area contributed by atoms with Gasteiger partial charge < -0.3 is 5.32 Å². The molecule has 0 spiro atoms. The summed E-state index contributed by atoms with van der Waals surface area (Å²) in [6.45, 7) is 0. The Labute approximate surface area is 123 Å². The highest BCUT2D eigenvalue weighted by molar-refractivity contribution is 9.10. The van der Waals surface area contributed by atoms with E-state index in [4.69, 9.17) is 16.9 Å². The quantitative estimate of drug-likeness (QED) is 0.893. The number of rotatable bonds is 2. The number of nitrogens with one attached hydrogen (secondary N) is 1. The van der Waals surface area contributed by atoms with Crippen LogP contribution in [0.1, 0.15) is 15.9 Å². The van der Waals surface area contributed by atoms with Crippen LogP contribution in [0, 0.1) is 11.3 Å². The fraction of sp³-hybridized carbons (Fsp3) is 0. The van der Waals surface area contributed by atoms with Crippen LogP contribution in [-0.4, -0.2) is 5.91 Å². The predicted octanol–water partition coefficient (Wildman–Crippen LogP) is 4.23. The summed E-state index contributed by atoms with van der Waals surface area (Å²) in [7, 11) is 0. The number of nitriles is 1. The molecule has 19 heavy (non-hydrogen) atoms. The van der Waals surface area contributed by atoms with E-state index in [-0.39, 0.29) is 5.91 Å². The highest BCUT2D eigenvalue weighted by atomic mass is 79.9. The molecule has 2 aromatic rings. The average Bonchev–Trinajstić information content (AvgIpc) is 2.39. The van der Waals surface area contributed by atoms with E-state index >= 15 is 0 Å². The number of anilines is 1. The number of hydrogen-bond donors (Lipinski definition) is 1. The summed E-state index contributed by atoms with van der Waals surface area (Å²) in [5.74, 6) is -0.292. The lowest BCUT2D eigenvalue weighted by atomic mass is 10.1. The minimum absolute atomic E-state index is 0.292. The zero-order chi connectivity index (χ0) is 13.8. The SMILES string of the molecule is N#Cc1ccc(Cl)cc1NC(=O)c1cccc(Br)c1. The average molecular weight is 336 g/mol. The Morgan fingerprint density at radius 3 is 2.74 bits per heavy atom. The lowest BCUT2D eigenvalue weighted by molar-refractivity contribution is 0.102. The second kappa shape index (κ2) is 5.87. The Morgan fingerprint density at radius 1 is 1.26 bits per heavy atom. The van der Waals surface area contributed by atoms with E-state index in [1.165, 1.54) is 0 Å². The highest BCUT2D eigenvalue weighted by Gasteiger charge is 2.10. The Morgan fingerprint density at radius 2 is 2.05 bits per heavy atom. The smallest absolute Gasteiger partial charge is 0.255 e. The van der Waals surface area contributed by atoms with Gasteiger partial charge in [0, 0.05) is 15.1 Å². The molecule has 0 saturated carbocycles. The Kier molecular flexibility index (Phi) is 4.20. The molecule has 0 aliphatic carbocycles. The zero-order valence-electron chi connectivity index (χ0n) is 9.65. The molecule has 0 aromatic heterocycles. The van der Waals surface area contributed by atoms with Gasteiger partial charge in [-0.25, -0.2) is 0 Å². The molecule has 2 rings (SSSR count). The molecule has 94 valence electrons. The van der Waals surface area contributed by atoms with Gasteiger partial charge in [-0.2, -0.15) is 5.26 Å². The van der Waals surface area contributed by atoms with Crippen LogP contribution in [0.3, 0.4) is 0 Å². The van der Waals surface area contributed by atoms with Crippen LogP contribution in [0.5, 0.6) is 0 Å². The number of carbonyl (C=O) groups is 1. The molecule has 0 atom stereocenters. The second-order valence-corrected chi connectivity index (χ2v) is 5.12. The number of carbonyl (C=O) groups excluding carboxylic acids is 1. The highest BCUT2D eigenvalue weighted by Crippen LogP contribution is 2.21. The maximum absolute atomic E-state index is 12.1. The van der Waals surface area contributed by atoms with Crippen LogP contribution in [0.4, 0.5) is 5.69 Å². The summed E-state index contributed by atoms with van der Waals surface area (Å²) in [5.41, 5.74) is 1.27. The van der Waals surface area contributed by atoms with Gasteiger partial charge in [-0.3, -0.25) is 4.79 Å². The van der Waals surface area contributed by atoms with Gasteiger partial charge >= 0.3 is 0 Å². The van der Waals surface area contributed by atoms with Crippen LogP contribution >= 0.6 is 27.5 Å². The van der Waals surface area contributed by atoms with Crippen molar-refractivity contribution in [1.82, 2.24) is 0 Å². The first-order valence-corrected chi connectivity index (χ1v) is 6.54. The maximum atomic E-state index is 12.1. The Hall–Kier alpha value is -1.83. The molecule has 5 heteroatoms. The molecular formula is C14H8BrClN2O. The summed E-state index contributed by atoms with van der Waals surface area (Å²) in [6, 6.07) is 13.7. The summed E-state index contributed by atoms with van der Waals surface area (Å²) in [4.78, 5) is 12.1. The summed E-state index contributed by atoms with van der Waals surface area (Å²) in [5, 5.41) is 12.1. The lowest BCUT2D eigenvalue weighted by Crippen LogP contribution is -2.12. The molecule has 0 aliphatic rings. The van der Waals surface area contributed by atoms with Crippen LogP contribution in [-0.2, 0) is 0 Å². The molecular weight excluding hydrogens is 328 g/mol. The molecule has 1 amide bonds. The van der Waals surface area contributed by atoms with Gasteiger partial charge in [0.25, 0.3) is 5.91 Å². The first kappa shape index (κ1) is 13.6. The number of amides is 1. The third-order valence-corrected chi connectivity index (χ3v) is 3.17. The van der Waals surface area contributed by atoms with Gasteiger partial charge in [0.05, 0.1) is 11.3 Å². The number of hydrogen-bond acceptors (Lipinski definition) is 2. The summed E-state index contributed by atoms with van der Waals surface area (Å²) >= 11 is 9.16. The molecule has 3 nitrogen and oxygen atoms in total. The number of nitrogens with zero attached hydrogens (tertiary/aromatic N) is 1. The number of halogens is 2. The van der Waals surface area contributed by atoms with Gasteiger partial charge in [-0.05, 0) is 36.4 Å². The summed E-state index contributed by atoms with van der Waals surface area (Å²) < 4.78 is 0.812. The molecule has 0 heterocycles. The van der Waals surface area contributed by atoms with Crippen molar-refractivity contribution in [2.45, 2.75) is 0 Å². The molecule has 0 saturated heterocycles. The second-order valence-electron chi connectivity index (χ2n) is 3.77. The molecule has 2 aromatic carbocycles. The van der Waals surface area contributed by atoms with Crippen LogP contribution in [0.15, 0.2) is 46.9 Å². The third-order valence-electron chi connectivity index (χ3n) is 2.44. The van der Waals surface area contributed by atoms with Crippen LogP contribution in [0.2, 0.25) is 5.02 Å². The van der Waals surface area contributed by atoms with Crippen molar-refractivity contribution in [3.05, 3.63) is 63.1 Å². The minimum Gasteiger partial charge on any atom is -0.321 e. The van der Waals surface area contributed by atoms with E-state index < -0.39 is 0 Å². The van der Waals surface area contributed by atoms with Crippen molar-refractivity contribution >= 4 is 39.1 Å². The third kappa shape index (κ3) is 3.34. The van der Waals surface area contributed by atoms with Gasteiger partial charge in [0.1, 0.15) is 6.07 Å². The Balaban J connectivity index is 2.29. The fourth-order valence-corrected chi connectivity index (χ4v) is 2.11. The standard InChI is InChI=1S/C14H8BrClN2O/c15-11-3-1-2-9(6-11)14(19)18-13-7-12(16)5-4-10(13)8-17/h1-7H,(H,18,19). The van der Waals surface area contributed by atoms with E-state index in [1.807, 2.05) is 12.1 Å². The van der Waals surface area contributed by atoms with E-state index in [9.17, 15) is 4.79 Å². The largest absolute Gasteiger partial charge is 0.321 e. The molecule has 0 fully saturated rings. The summed E-state index contributed by atoms with van der Waals surface area (Å²) in [6.07, 6.45) is 0. The van der Waals surface area contributed by atoms with Gasteiger partial charge in [-0.15, -0.1) is 0 Å². The van der Waals surface area contributed by atoms with Gasteiger partial charge in [0.15, 0.2) is 0 Å².